The number of carbonyl (C=O) groups excluding carboxylic acids is 2. The van der Waals surface area contributed by atoms with E-state index in [1.54, 1.807) is 0 Å². The normalized spacial score (nSPS) is 26.8. The molecule has 2 fully saturated rings. The van der Waals surface area contributed by atoms with Gasteiger partial charge in [0.15, 0.2) is 0 Å². The zero-order chi connectivity index (χ0) is 16.8. The first-order valence-electron chi connectivity index (χ1n) is 7.37. The van der Waals surface area contributed by atoms with Crippen LogP contribution in [0.3, 0.4) is 0 Å². The molecule has 3 rings (SSSR count). The number of fused-ring (bicyclic) bond motifs is 1. The van der Waals surface area contributed by atoms with Crippen molar-refractivity contribution in [3.63, 3.8) is 0 Å². The quantitative estimate of drug-likeness (QED) is 0.591. The Morgan fingerprint density at radius 3 is 2.50 bits per heavy atom. The number of β-lactam (4-membered cyclic amide) rings is 1. The predicted octanol–water partition coefficient (Wildman–Crippen LogP) is 0.480. The average molecular weight is 374 g/mol. The molecule has 2 heterocycles. The number of benzene rings is 1. The van der Waals surface area contributed by atoms with Gasteiger partial charge in [0.25, 0.3) is 0 Å². The molecule has 2 saturated heterocycles. The number of hydrogen-bond donors (Lipinski definition) is 2. The minimum Gasteiger partial charge on any atom is -0.480 e. The fourth-order valence-electron chi connectivity index (χ4n) is 3.15. The Kier molecular flexibility index (Phi) is 5.90. The minimum atomic E-state index is -1.01. The van der Waals surface area contributed by atoms with E-state index < -0.39 is 22.8 Å². The summed E-state index contributed by atoms with van der Waals surface area (Å²) in [7, 11) is 0. The van der Waals surface area contributed by atoms with Gasteiger partial charge in [-0.2, -0.15) is 0 Å². The summed E-state index contributed by atoms with van der Waals surface area (Å²) in [4.78, 5) is 37.2. The summed E-state index contributed by atoms with van der Waals surface area (Å²) in [5, 5.41) is 11.8. The molecule has 0 aliphatic carbocycles. The maximum Gasteiger partial charge on any atom is 2.00 e. The number of carboxylic acid groups (broad SMARTS) is 1. The zero-order valence-electron chi connectivity index (χ0n) is 13.6. The molecule has 0 aromatic heterocycles. The smallest absolute Gasteiger partial charge is 0.480 e. The van der Waals surface area contributed by atoms with Crippen molar-refractivity contribution in [1.82, 2.24) is 10.2 Å². The first-order chi connectivity index (χ1) is 10.8. The first kappa shape index (κ1) is 19.6. The van der Waals surface area contributed by atoms with E-state index in [2.05, 4.69) is 5.32 Å². The maximum absolute atomic E-state index is 12.3. The largest absolute Gasteiger partial charge is 2.00 e. The molecule has 2 N–H and O–H groups in total. The van der Waals surface area contributed by atoms with Crippen LogP contribution >= 0.6 is 11.8 Å². The number of nitrogens with one attached hydrogen (secondary N) is 1. The molecule has 0 radical (unpaired) electrons. The second kappa shape index (κ2) is 7.23. The van der Waals surface area contributed by atoms with Gasteiger partial charge in [0.05, 0.1) is 6.42 Å². The van der Waals surface area contributed by atoms with Crippen molar-refractivity contribution < 1.29 is 19.5 Å². The molecule has 3 unspecified atom stereocenters. The second-order valence-corrected chi connectivity index (χ2v) is 8.08. The molecule has 3 atom stereocenters. The predicted molar refractivity (Wildman–Crippen MR) is 91.6 cm³/mol. The molecule has 2 aliphatic heterocycles. The summed E-state index contributed by atoms with van der Waals surface area (Å²) in [6.07, 6.45) is 0.202. The van der Waals surface area contributed by atoms with Crippen molar-refractivity contribution >= 4 is 67.3 Å². The van der Waals surface area contributed by atoms with E-state index in [9.17, 15) is 19.5 Å². The third-order valence-electron chi connectivity index (χ3n) is 4.20. The van der Waals surface area contributed by atoms with E-state index in [-0.39, 0.29) is 61.3 Å². The fourth-order valence-corrected chi connectivity index (χ4v) is 4.78. The molecule has 1 aromatic rings. The molecular weight excluding hydrogens is 356 g/mol. The van der Waals surface area contributed by atoms with E-state index in [0.717, 1.165) is 5.56 Å². The molecule has 6 nitrogen and oxygen atoms in total. The first-order valence-corrected chi connectivity index (χ1v) is 8.25. The Bertz CT molecular complexity index is 667. The fraction of sp³-hybridized carbons (Fsp3) is 0.438. The van der Waals surface area contributed by atoms with Crippen molar-refractivity contribution in [3.8, 4) is 0 Å². The Labute approximate surface area is 174 Å². The van der Waals surface area contributed by atoms with Gasteiger partial charge in [-0.15, -0.1) is 11.8 Å². The summed E-state index contributed by atoms with van der Waals surface area (Å²) in [5.74, 6) is -1.55. The van der Waals surface area contributed by atoms with E-state index in [0.29, 0.717) is 0 Å². The molecule has 2 aliphatic rings. The van der Waals surface area contributed by atoms with Crippen LogP contribution in [-0.4, -0.2) is 87.7 Å². The molecule has 122 valence electrons. The third kappa shape index (κ3) is 3.45. The van der Waals surface area contributed by atoms with Crippen LogP contribution in [0, 0.1) is 0 Å². The van der Waals surface area contributed by atoms with Gasteiger partial charge in [-0.25, -0.2) is 4.79 Å². The number of aliphatic carboxylic acids is 1. The summed E-state index contributed by atoms with van der Waals surface area (Å²) in [6, 6.07) is 7.78. The average Bonchev–Trinajstić information content (AvgIpc) is 2.74. The SMILES string of the molecule is CC1(C)SC2C(NC(=O)Cc3ccccc3)C(=O)N2C1C(=O)O.[Ca+2]. The van der Waals surface area contributed by atoms with Gasteiger partial charge in [0, 0.05) is 4.75 Å². The number of amides is 2. The van der Waals surface area contributed by atoms with Gasteiger partial charge >= 0.3 is 43.7 Å². The van der Waals surface area contributed by atoms with Gasteiger partial charge in [-0.05, 0) is 19.4 Å². The summed E-state index contributed by atoms with van der Waals surface area (Å²) in [6.45, 7) is 3.62. The van der Waals surface area contributed by atoms with Crippen molar-refractivity contribution in [2.75, 3.05) is 0 Å². The molecule has 0 bridgehead atoms. The number of nitrogens with zero attached hydrogens (tertiary/aromatic N) is 1. The van der Waals surface area contributed by atoms with Crippen LogP contribution in [0.25, 0.3) is 0 Å². The van der Waals surface area contributed by atoms with Crippen LogP contribution in [0.5, 0.6) is 0 Å². The van der Waals surface area contributed by atoms with Gasteiger partial charge in [-0.1, -0.05) is 30.3 Å². The molecule has 0 saturated carbocycles. The number of carboxylic acids is 1. The second-order valence-electron chi connectivity index (χ2n) is 6.31. The van der Waals surface area contributed by atoms with Crippen LogP contribution in [0.15, 0.2) is 30.3 Å². The Morgan fingerprint density at radius 1 is 1.29 bits per heavy atom. The van der Waals surface area contributed by atoms with Gasteiger partial charge < -0.3 is 15.3 Å². The van der Waals surface area contributed by atoms with Crippen LogP contribution < -0.4 is 5.32 Å². The molecule has 24 heavy (non-hydrogen) atoms. The summed E-state index contributed by atoms with van der Waals surface area (Å²) >= 11 is 1.42. The Morgan fingerprint density at radius 2 is 1.92 bits per heavy atom. The number of thioether (sulfide) groups is 1. The van der Waals surface area contributed by atoms with Crippen LogP contribution in [0.4, 0.5) is 0 Å². The maximum atomic E-state index is 12.3. The standard InChI is InChI=1S/C16H18N2O4S.Ca/c1-16(2)12(15(21)22)18-13(20)11(14(18)23-16)17-10(19)8-9-6-4-3-5-7-9;/h3-7,11-12,14H,8H2,1-2H3,(H,17,19)(H,21,22);/q;+2. The monoisotopic (exact) mass is 374 g/mol. The van der Waals surface area contributed by atoms with E-state index >= 15 is 0 Å². The molecule has 1 aromatic carbocycles. The van der Waals surface area contributed by atoms with Crippen molar-refractivity contribution in [2.45, 2.75) is 42.5 Å². The van der Waals surface area contributed by atoms with E-state index in [1.807, 2.05) is 44.2 Å². The summed E-state index contributed by atoms with van der Waals surface area (Å²) < 4.78 is -0.578. The van der Waals surface area contributed by atoms with Gasteiger partial charge in [0.1, 0.15) is 17.5 Å². The topological polar surface area (TPSA) is 86.7 Å². The van der Waals surface area contributed by atoms with Gasteiger partial charge in [-0.3, -0.25) is 9.59 Å². The molecule has 2 amide bonds. The van der Waals surface area contributed by atoms with E-state index in [1.165, 1.54) is 16.7 Å². The Balaban J connectivity index is 0.00000208. The van der Waals surface area contributed by atoms with Crippen LogP contribution in [0.2, 0.25) is 0 Å². The van der Waals surface area contributed by atoms with Crippen LogP contribution in [-0.2, 0) is 20.8 Å². The van der Waals surface area contributed by atoms with Gasteiger partial charge in [0.2, 0.25) is 11.8 Å². The van der Waals surface area contributed by atoms with Crippen molar-refractivity contribution in [1.29, 1.82) is 0 Å². The minimum absolute atomic E-state index is 0. The molecule has 0 spiro atoms. The van der Waals surface area contributed by atoms with Crippen molar-refractivity contribution in [3.05, 3.63) is 35.9 Å². The zero-order valence-corrected chi connectivity index (χ0v) is 16.6. The number of hydrogen-bond acceptors (Lipinski definition) is 4. The number of rotatable bonds is 4. The van der Waals surface area contributed by atoms with E-state index in [4.69, 9.17) is 0 Å². The molecular formula is C16H18CaN2O4S+2. The van der Waals surface area contributed by atoms with Crippen LogP contribution in [0.1, 0.15) is 19.4 Å². The Hall–Kier alpha value is -0.760. The summed E-state index contributed by atoms with van der Waals surface area (Å²) in [5.41, 5.74) is 0.872. The third-order valence-corrected chi connectivity index (χ3v) is 5.77. The van der Waals surface area contributed by atoms with Crippen molar-refractivity contribution in [2.24, 2.45) is 0 Å². The molecule has 8 heteroatoms. The number of carbonyl (C=O) groups is 3.